The fourth-order valence-corrected chi connectivity index (χ4v) is 1.97. The van der Waals surface area contributed by atoms with Crippen molar-refractivity contribution in [2.24, 2.45) is 0 Å². The second-order valence-electron chi connectivity index (χ2n) is 4.28. The maximum Gasteiger partial charge on any atom is 0.251 e. The summed E-state index contributed by atoms with van der Waals surface area (Å²) < 4.78 is 5.52. The molecule has 0 bridgehead atoms. The Kier molecular flexibility index (Phi) is 3.58. The summed E-state index contributed by atoms with van der Waals surface area (Å²) in [5.41, 5.74) is 6.06. The zero-order valence-electron chi connectivity index (χ0n) is 9.85. The van der Waals surface area contributed by atoms with Gasteiger partial charge in [-0.2, -0.15) is 0 Å². The van der Waals surface area contributed by atoms with Crippen molar-refractivity contribution >= 4 is 11.7 Å². The van der Waals surface area contributed by atoms with E-state index in [1.165, 1.54) is 6.20 Å². The number of pyridine rings is 1. The van der Waals surface area contributed by atoms with E-state index in [9.17, 15) is 4.79 Å². The number of nitrogens with two attached hydrogens (primary N) is 1. The summed E-state index contributed by atoms with van der Waals surface area (Å²) in [4.78, 5) is 15.8. The Morgan fingerprint density at radius 1 is 1.71 bits per heavy atom. The third kappa shape index (κ3) is 2.94. The smallest absolute Gasteiger partial charge is 0.251 e. The number of carbonyl (C=O) groups is 1. The number of nitrogens with one attached hydrogen (secondary N) is 1. The number of hydrogen-bond acceptors (Lipinski definition) is 4. The standard InChI is InChI=1S/C12H17N3O2/c1-8(10-3-2-6-17-10)15-12(16)9-4-5-14-11(13)7-9/h4-5,7-8,10H,2-3,6H2,1H3,(H2,13,14)(H,15,16). The van der Waals surface area contributed by atoms with Crippen molar-refractivity contribution in [1.82, 2.24) is 10.3 Å². The van der Waals surface area contributed by atoms with Gasteiger partial charge in [-0.25, -0.2) is 4.98 Å². The van der Waals surface area contributed by atoms with Gasteiger partial charge >= 0.3 is 0 Å². The Morgan fingerprint density at radius 3 is 3.18 bits per heavy atom. The van der Waals surface area contributed by atoms with Gasteiger partial charge in [-0.3, -0.25) is 4.79 Å². The summed E-state index contributed by atoms with van der Waals surface area (Å²) in [6.45, 7) is 2.74. The molecule has 1 saturated heterocycles. The molecule has 0 spiro atoms. The van der Waals surface area contributed by atoms with Crippen LogP contribution in [0.2, 0.25) is 0 Å². The van der Waals surface area contributed by atoms with Crippen molar-refractivity contribution in [3.63, 3.8) is 0 Å². The average molecular weight is 235 g/mol. The Morgan fingerprint density at radius 2 is 2.53 bits per heavy atom. The molecule has 1 aromatic rings. The first kappa shape index (κ1) is 11.9. The highest BCUT2D eigenvalue weighted by Crippen LogP contribution is 2.15. The number of rotatable bonds is 3. The van der Waals surface area contributed by atoms with E-state index in [4.69, 9.17) is 10.5 Å². The van der Waals surface area contributed by atoms with E-state index in [0.717, 1.165) is 19.4 Å². The number of nitrogens with zero attached hydrogens (tertiary/aromatic N) is 1. The minimum absolute atomic E-state index is 0.0133. The highest BCUT2D eigenvalue weighted by atomic mass is 16.5. The molecule has 1 aliphatic heterocycles. The first-order chi connectivity index (χ1) is 8.16. The molecular weight excluding hydrogens is 218 g/mol. The van der Waals surface area contributed by atoms with Crippen LogP contribution in [0.15, 0.2) is 18.3 Å². The molecule has 0 radical (unpaired) electrons. The Balaban J connectivity index is 1.96. The second-order valence-corrected chi connectivity index (χ2v) is 4.28. The van der Waals surface area contributed by atoms with E-state index in [2.05, 4.69) is 10.3 Å². The van der Waals surface area contributed by atoms with Crippen LogP contribution < -0.4 is 11.1 Å². The molecule has 0 saturated carbocycles. The molecule has 1 aromatic heterocycles. The number of hydrogen-bond donors (Lipinski definition) is 2. The summed E-state index contributed by atoms with van der Waals surface area (Å²) in [5.74, 6) is 0.213. The number of aromatic nitrogens is 1. The van der Waals surface area contributed by atoms with Gasteiger partial charge in [0.1, 0.15) is 5.82 Å². The molecule has 3 N–H and O–H groups in total. The van der Waals surface area contributed by atoms with E-state index in [1.807, 2.05) is 6.92 Å². The van der Waals surface area contributed by atoms with Crippen LogP contribution in [0.1, 0.15) is 30.1 Å². The lowest BCUT2D eigenvalue weighted by molar-refractivity contribution is 0.0712. The first-order valence-corrected chi connectivity index (χ1v) is 5.81. The highest BCUT2D eigenvalue weighted by Gasteiger charge is 2.23. The van der Waals surface area contributed by atoms with E-state index in [1.54, 1.807) is 12.1 Å². The minimum atomic E-state index is -0.137. The normalized spacial score (nSPS) is 21.1. The van der Waals surface area contributed by atoms with Gasteiger partial charge in [-0.15, -0.1) is 0 Å². The monoisotopic (exact) mass is 235 g/mol. The summed E-state index contributed by atoms with van der Waals surface area (Å²) in [6.07, 6.45) is 3.71. The molecule has 1 fully saturated rings. The van der Waals surface area contributed by atoms with Crippen LogP contribution in [0, 0.1) is 0 Å². The number of ether oxygens (including phenoxy) is 1. The topological polar surface area (TPSA) is 77.2 Å². The van der Waals surface area contributed by atoms with Crippen LogP contribution in [-0.2, 0) is 4.74 Å². The maximum atomic E-state index is 11.9. The summed E-state index contributed by atoms with van der Waals surface area (Å²) in [7, 11) is 0. The van der Waals surface area contributed by atoms with E-state index < -0.39 is 0 Å². The van der Waals surface area contributed by atoms with Crippen molar-refractivity contribution in [3.05, 3.63) is 23.9 Å². The van der Waals surface area contributed by atoms with Gasteiger partial charge in [0.2, 0.25) is 0 Å². The van der Waals surface area contributed by atoms with Crippen molar-refractivity contribution in [2.45, 2.75) is 31.9 Å². The molecule has 2 unspecified atom stereocenters. The molecule has 0 aliphatic carbocycles. The molecule has 17 heavy (non-hydrogen) atoms. The van der Waals surface area contributed by atoms with Crippen LogP contribution in [0.5, 0.6) is 0 Å². The first-order valence-electron chi connectivity index (χ1n) is 5.81. The lowest BCUT2D eigenvalue weighted by atomic mass is 10.1. The predicted molar refractivity (Wildman–Crippen MR) is 64.6 cm³/mol. The molecule has 1 amide bonds. The van der Waals surface area contributed by atoms with E-state index >= 15 is 0 Å². The molecule has 2 heterocycles. The van der Waals surface area contributed by atoms with Crippen molar-refractivity contribution in [2.75, 3.05) is 12.3 Å². The lowest BCUT2D eigenvalue weighted by Crippen LogP contribution is -2.40. The summed E-state index contributed by atoms with van der Waals surface area (Å²) in [6, 6.07) is 3.23. The minimum Gasteiger partial charge on any atom is -0.384 e. The van der Waals surface area contributed by atoms with Crippen LogP contribution in [-0.4, -0.2) is 29.6 Å². The summed E-state index contributed by atoms with van der Waals surface area (Å²) in [5, 5.41) is 2.92. The van der Waals surface area contributed by atoms with Crippen LogP contribution in [0.4, 0.5) is 5.82 Å². The fourth-order valence-electron chi connectivity index (χ4n) is 1.97. The highest BCUT2D eigenvalue weighted by molar-refractivity contribution is 5.94. The number of carbonyl (C=O) groups excluding carboxylic acids is 1. The Bertz CT molecular complexity index is 402. The third-order valence-corrected chi connectivity index (χ3v) is 2.92. The zero-order chi connectivity index (χ0) is 12.3. The molecular formula is C12H17N3O2. The molecule has 5 nitrogen and oxygen atoms in total. The van der Waals surface area contributed by atoms with Crippen LogP contribution >= 0.6 is 0 Å². The lowest BCUT2D eigenvalue weighted by Gasteiger charge is -2.19. The average Bonchev–Trinajstić information content (AvgIpc) is 2.82. The second kappa shape index (κ2) is 5.14. The maximum absolute atomic E-state index is 11.9. The molecule has 0 aromatic carbocycles. The van der Waals surface area contributed by atoms with Gasteiger partial charge < -0.3 is 15.8 Å². The molecule has 2 atom stereocenters. The van der Waals surface area contributed by atoms with Crippen LogP contribution in [0.25, 0.3) is 0 Å². The quantitative estimate of drug-likeness (QED) is 0.818. The van der Waals surface area contributed by atoms with Gasteiger partial charge in [0, 0.05) is 18.4 Å². The Hall–Kier alpha value is -1.62. The van der Waals surface area contributed by atoms with Gasteiger partial charge in [-0.05, 0) is 31.9 Å². The van der Waals surface area contributed by atoms with Crippen molar-refractivity contribution < 1.29 is 9.53 Å². The van der Waals surface area contributed by atoms with Gasteiger partial charge in [-0.1, -0.05) is 0 Å². The summed E-state index contributed by atoms with van der Waals surface area (Å²) >= 11 is 0. The van der Waals surface area contributed by atoms with Gasteiger partial charge in [0.15, 0.2) is 0 Å². The number of anilines is 1. The predicted octanol–water partition coefficient (Wildman–Crippen LogP) is 0.961. The number of amides is 1. The Labute approximate surface area is 100 Å². The molecule has 5 heteroatoms. The van der Waals surface area contributed by atoms with Gasteiger partial charge in [0.05, 0.1) is 12.1 Å². The number of nitrogen functional groups attached to an aromatic ring is 1. The fraction of sp³-hybridized carbons (Fsp3) is 0.500. The molecule has 1 aliphatic rings. The molecule has 92 valence electrons. The zero-order valence-corrected chi connectivity index (χ0v) is 9.85. The molecule has 2 rings (SSSR count). The van der Waals surface area contributed by atoms with E-state index in [0.29, 0.717) is 11.4 Å². The van der Waals surface area contributed by atoms with E-state index in [-0.39, 0.29) is 18.1 Å². The van der Waals surface area contributed by atoms with Gasteiger partial charge in [0.25, 0.3) is 5.91 Å². The van der Waals surface area contributed by atoms with Crippen LogP contribution in [0.3, 0.4) is 0 Å². The SMILES string of the molecule is CC(NC(=O)c1ccnc(N)c1)C1CCCO1. The van der Waals surface area contributed by atoms with Crippen molar-refractivity contribution in [3.8, 4) is 0 Å². The largest absolute Gasteiger partial charge is 0.384 e. The third-order valence-electron chi connectivity index (χ3n) is 2.92. The van der Waals surface area contributed by atoms with Crippen molar-refractivity contribution in [1.29, 1.82) is 0 Å².